The monoisotopic (exact) mass is 214 g/mol. The Balaban J connectivity index is 2.10. The first-order chi connectivity index (χ1) is 6.76. The van der Waals surface area contributed by atoms with Gasteiger partial charge in [-0.3, -0.25) is 5.32 Å². The average Bonchev–Trinajstić information content (AvgIpc) is 2.96. The summed E-state index contributed by atoms with van der Waals surface area (Å²) < 4.78 is 0. The molecule has 0 bridgehead atoms. The summed E-state index contributed by atoms with van der Waals surface area (Å²) in [5.74, 6) is 0.828. The van der Waals surface area contributed by atoms with Crippen LogP contribution in [0.15, 0.2) is 0 Å². The zero-order chi connectivity index (χ0) is 10.4. The van der Waals surface area contributed by atoms with E-state index in [0.717, 1.165) is 12.2 Å². The Morgan fingerprint density at radius 3 is 2.86 bits per heavy atom. The van der Waals surface area contributed by atoms with Gasteiger partial charge < -0.3 is 5.11 Å². The van der Waals surface area contributed by atoms with Gasteiger partial charge in [0.25, 0.3) is 0 Å². The Kier molecular flexibility index (Phi) is 5.31. The number of rotatable bonds is 7. The van der Waals surface area contributed by atoms with E-state index in [1.807, 2.05) is 0 Å². The maximum Gasteiger partial charge on any atom is 0.105 e. The summed E-state index contributed by atoms with van der Waals surface area (Å²) in [7, 11) is 0. The minimum absolute atomic E-state index is 0.0198. The van der Waals surface area contributed by atoms with Crippen molar-refractivity contribution in [2.75, 3.05) is 12.4 Å². The molecular formula is C10H18N2OS. The third-order valence-electron chi connectivity index (χ3n) is 2.25. The number of nitriles is 1. The number of aliphatic hydroxyl groups is 1. The molecule has 80 valence electrons. The van der Waals surface area contributed by atoms with Crippen LogP contribution < -0.4 is 5.32 Å². The van der Waals surface area contributed by atoms with Crippen molar-refractivity contribution in [2.45, 2.75) is 43.5 Å². The third kappa shape index (κ3) is 4.85. The van der Waals surface area contributed by atoms with Crippen molar-refractivity contribution < 1.29 is 5.11 Å². The molecule has 0 aliphatic heterocycles. The van der Waals surface area contributed by atoms with Crippen LogP contribution in [-0.4, -0.2) is 34.8 Å². The van der Waals surface area contributed by atoms with Gasteiger partial charge in [0.1, 0.15) is 6.04 Å². The van der Waals surface area contributed by atoms with Crippen LogP contribution in [0.1, 0.15) is 26.2 Å². The van der Waals surface area contributed by atoms with E-state index in [0.29, 0.717) is 11.3 Å². The molecule has 14 heavy (non-hydrogen) atoms. The molecule has 1 aliphatic carbocycles. The summed E-state index contributed by atoms with van der Waals surface area (Å²) in [4.78, 5) is 0. The smallest absolute Gasteiger partial charge is 0.105 e. The second-order valence-electron chi connectivity index (χ2n) is 3.78. The van der Waals surface area contributed by atoms with Crippen LogP contribution in [-0.2, 0) is 0 Å². The van der Waals surface area contributed by atoms with Crippen LogP contribution >= 0.6 is 11.8 Å². The van der Waals surface area contributed by atoms with Gasteiger partial charge in [-0.05, 0) is 19.3 Å². The molecule has 1 saturated carbocycles. The highest BCUT2D eigenvalue weighted by atomic mass is 32.2. The first-order valence-corrected chi connectivity index (χ1v) is 6.19. The summed E-state index contributed by atoms with van der Waals surface area (Å²) in [6.45, 7) is 2.33. The Bertz CT molecular complexity index is 201. The summed E-state index contributed by atoms with van der Waals surface area (Å²) in [6, 6.07) is 2.85. The molecule has 0 saturated heterocycles. The lowest BCUT2D eigenvalue weighted by Crippen LogP contribution is -2.32. The van der Waals surface area contributed by atoms with Gasteiger partial charge in [-0.15, -0.1) is 0 Å². The van der Waals surface area contributed by atoms with E-state index in [9.17, 15) is 0 Å². The summed E-state index contributed by atoms with van der Waals surface area (Å²) in [5.41, 5.74) is 0. The molecule has 1 fully saturated rings. The third-order valence-corrected chi connectivity index (χ3v) is 3.58. The molecule has 0 aromatic heterocycles. The zero-order valence-corrected chi connectivity index (χ0v) is 9.39. The van der Waals surface area contributed by atoms with Crippen LogP contribution in [0.25, 0.3) is 0 Å². The maximum absolute atomic E-state index is 8.87. The Morgan fingerprint density at radius 1 is 1.64 bits per heavy atom. The number of nitrogens with one attached hydrogen (secondary N) is 1. The first-order valence-electron chi connectivity index (χ1n) is 5.14. The molecule has 4 heteroatoms. The standard InChI is InChI=1S/C10H18N2OS/c1-8(4-5-13)14-7-10(6-11)12-9-2-3-9/h8-10,12-13H,2-5,7H2,1H3. The molecule has 0 amide bonds. The first kappa shape index (κ1) is 11.8. The zero-order valence-electron chi connectivity index (χ0n) is 8.57. The highest BCUT2D eigenvalue weighted by Crippen LogP contribution is 2.21. The number of hydrogen-bond acceptors (Lipinski definition) is 4. The van der Waals surface area contributed by atoms with E-state index in [1.54, 1.807) is 11.8 Å². The van der Waals surface area contributed by atoms with Crippen LogP contribution in [0.5, 0.6) is 0 Å². The molecule has 0 heterocycles. The SMILES string of the molecule is CC(CCO)SCC(C#N)NC1CC1. The average molecular weight is 214 g/mol. The second kappa shape index (κ2) is 6.28. The lowest BCUT2D eigenvalue weighted by molar-refractivity contribution is 0.289. The lowest BCUT2D eigenvalue weighted by atomic mass is 10.3. The maximum atomic E-state index is 8.87. The van der Waals surface area contributed by atoms with Crippen molar-refractivity contribution in [1.29, 1.82) is 5.26 Å². The van der Waals surface area contributed by atoms with Gasteiger partial charge in [0.05, 0.1) is 6.07 Å². The number of hydrogen-bond donors (Lipinski definition) is 2. The second-order valence-corrected chi connectivity index (χ2v) is 5.25. The molecule has 1 rings (SSSR count). The topological polar surface area (TPSA) is 56.0 Å². The fourth-order valence-corrected chi connectivity index (χ4v) is 2.15. The van der Waals surface area contributed by atoms with Gasteiger partial charge in [0, 0.05) is 23.7 Å². The van der Waals surface area contributed by atoms with E-state index < -0.39 is 0 Å². The summed E-state index contributed by atoms with van der Waals surface area (Å²) in [5, 5.41) is 21.3. The number of thioether (sulfide) groups is 1. The minimum atomic E-state index is -0.0198. The van der Waals surface area contributed by atoms with Gasteiger partial charge in [-0.25, -0.2) is 0 Å². The van der Waals surface area contributed by atoms with Gasteiger partial charge >= 0.3 is 0 Å². The number of aliphatic hydroxyl groups excluding tert-OH is 1. The van der Waals surface area contributed by atoms with Gasteiger partial charge in [0.15, 0.2) is 0 Å². The molecule has 0 radical (unpaired) electrons. The molecule has 2 atom stereocenters. The quantitative estimate of drug-likeness (QED) is 0.667. The molecule has 2 N–H and O–H groups in total. The van der Waals surface area contributed by atoms with E-state index in [1.165, 1.54) is 12.8 Å². The van der Waals surface area contributed by atoms with E-state index >= 15 is 0 Å². The molecular weight excluding hydrogens is 196 g/mol. The van der Waals surface area contributed by atoms with Crippen LogP contribution in [0.2, 0.25) is 0 Å². The van der Waals surface area contributed by atoms with Crippen molar-refractivity contribution >= 4 is 11.8 Å². The minimum Gasteiger partial charge on any atom is -0.396 e. The Labute approximate surface area is 89.9 Å². The predicted octanol–water partition coefficient (Wildman–Crippen LogP) is 1.13. The van der Waals surface area contributed by atoms with Crippen molar-refractivity contribution in [1.82, 2.24) is 5.32 Å². The van der Waals surface area contributed by atoms with Gasteiger partial charge in [-0.2, -0.15) is 17.0 Å². The molecule has 2 unspecified atom stereocenters. The lowest BCUT2D eigenvalue weighted by Gasteiger charge is -2.13. The van der Waals surface area contributed by atoms with Crippen molar-refractivity contribution in [3.63, 3.8) is 0 Å². The highest BCUT2D eigenvalue weighted by Gasteiger charge is 2.24. The fourth-order valence-electron chi connectivity index (χ4n) is 1.18. The van der Waals surface area contributed by atoms with Crippen molar-refractivity contribution in [3.05, 3.63) is 0 Å². The predicted molar refractivity (Wildman–Crippen MR) is 59.2 cm³/mol. The molecule has 0 spiro atoms. The highest BCUT2D eigenvalue weighted by molar-refractivity contribution is 7.99. The van der Waals surface area contributed by atoms with Crippen LogP contribution in [0.4, 0.5) is 0 Å². The van der Waals surface area contributed by atoms with Crippen molar-refractivity contribution in [2.24, 2.45) is 0 Å². The molecule has 0 aromatic rings. The van der Waals surface area contributed by atoms with Crippen molar-refractivity contribution in [3.8, 4) is 6.07 Å². The fraction of sp³-hybridized carbons (Fsp3) is 0.900. The Morgan fingerprint density at radius 2 is 2.36 bits per heavy atom. The van der Waals surface area contributed by atoms with Gasteiger partial charge in [-0.1, -0.05) is 6.92 Å². The van der Waals surface area contributed by atoms with Crippen LogP contribution in [0.3, 0.4) is 0 Å². The summed E-state index contributed by atoms with van der Waals surface area (Å²) >= 11 is 1.76. The number of nitrogens with zero attached hydrogens (tertiary/aromatic N) is 1. The molecule has 3 nitrogen and oxygen atoms in total. The Hall–Kier alpha value is -0.240. The largest absolute Gasteiger partial charge is 0.396 e. The summed E-state index contributed by atoms with van der Waals surface area (Å²) in [6.07, 6.45) is 3.25. The van der Waals surface area contributed by atoms with Gasteiger partial charge in [0.2, 0.25) is 0 Å². The normalized spacial score (nSPS) is 20.1. The van der Waals surface area contributed by atoms with E-state index in [-0.39, 0.29) is 12.6 Å². The molecule has 1 aliphatic rings. The van der Waals surface area contributed by atoms with E-state index in [2.05, 4.69) is 18.3 Å². The molecule has 0 aromatic carbocycles. The van der Waals surface area contributed by atoms with Crippen LogP contribution in [0, 0.1) is 11.3 Å². The van der Waals surface area contributed by atoms with E-state index in [4.69, 9.17) is 10.4 Å².